The molecule has 0 spiro atoms. The van der Waals surface area contributed by atoms with Gasteiger partial charge in [-0.25, -0.2) is 0 Å². The first-order valence-electron chi connectivity index (χ1n) is 11.5. The summed E-state index contributed by atoms with van der Waals surface area (Å²) in [6.07, 6.45) is 5.42. The molecular formula is C23H33N3O5. The molecule has 3 aliphatic rings. The van der Waals surface area contributed by atoms with Crippen LogP contribution in [0.15, 0.2) is 22.8 Å². The van der Waals surface area contributed by atoms with Crippen molar-refractivity contribution in [2.75, 3.05) is 32.7 Å². The van der Waals surface area contributed by atoms with Crippen molar-refractivity contribution < 1.29 is 23.5 Å². The average Bonchev–Trinajstić information content (AvgIpc) is 3.32. The van der Waals surface area contributed by atoms with Gasteiger partial charge in [-0.2, -0.15) is 0 Å². The molecule has 0 saturated carbocycles. The summed E-state index contributed by atoms with van der Waals surface area (Å²) in [5.74, 6) is 0.191. The summed E-state index contributed by atoms with van der Waals surface area (Å²) in [4.78, 5) is 44.5. The van der Waals surface area contributed by atoms with Gasteiger partial charge in [-0.05, 0) is 58.1 Å². The van der Waals surface area contributed by atoms with Crippen molar-refractivity contribution in [3.05, 3.63) is 24.2 Å². The normalized spacial score (nSPS) is 27.9. The SMILES string of the molecule is CC1CN(C(=O)C2CCN(C(=O)C3CCCCN3C(=O)c3ccco3)CC2)CC(C)O1. The molecule has 3 fully saturated rings. The van der Waals surface area contributed by atoms with E-state index in [1.54, 1.807) is 17.0 Å². The van der Waals surface area contributed by atoms with E-state index in [9.17, 15) is 14.4 Å². The highest BCUT2D eigenvalue weighted by atomic mass is 16.5. The van der Waals surface area contributed by atoms with E-state index in [2.05, 4.69) is 0 Å². The molecule has 0 aliphatic carbocycles. The minimum Gasteiger partial charge on any atom is -0.459 e. The van der Waals surface area contributed by atoms with Crippen LogP contribution < -0.4 is 0 Å². The Morgan fingerprint density at radius 2 is 1.61 bits per heavy atom. The second-order valence-corrected chi connectivity index (χ2v) is 9.09. The van der Waals surface area contributed by atoms with Crippen LogP contribution in [0.1, 0.15) is 56.5 Å². The Balaban J connectivity index is 1.35. The number of ether oxygens (including phenoxy) is 1. The molecule has 3 amide bonds. The maximum atomic E-state index is 13.3. The number of carbonyl (C=O) groups excluding carboxylic acids is 3. The van der Waals surface area contributed by atoms with E-state index in [1.807, 2.05) is 23.6 Å². The van der Waals surface area contributed by atoms with Crippen LogP contribution >= 0.6 is 0 Å². The molecule has 8 nitrogen and oxygen atoms in total. The van der Waals surface area contributed by atoms with E-state index in [1.165, 1.54) is 6.26 Å². The number of hydrogen-bond donors (Lipinski definition) is 0. The molecule has 31 heavy (non-hydrogen) atoms. The van der Waals surface area contributed by atoms with Gasteiger partial charge in [-0.15, -0.1) is 0 Å². The lowest BCUT2D eigenvalue weighted by molar-refractivity contribution is -0.151. The van der Waals surface area contributed by atoms with Crippen molar-refractivity contribution in [2.24, 2.45) is 5.92 Å². The molecule has 3 saturated heterocycles. The van der Waals surface area contributed by atoms with Crippen LogP contribution in [0.25, 0.3) is 0 Å². The predicted molar refractivity (Wildman–Crippen MR) is 113 cm³/mol. The van der Waals surface area contributed by atoms with Crippen LogP contribution in [0, 0.1) is 5.92 Å². The number of rotatable bonds is 3. The highest BCUT2D eigenvalue weighted by Gasteiger charge is 2.39. The largest absolute Gasteiger partial charge is 0.459 e. The van der Waals surface area contributed by atoms with Gasteiger partial charge in [0.25, 0.3) is 5.91 Å². The van der Waals surface area contributed by atoms with E-state index < -0.39 is 6.04 Å². The molecule has 0 radical (unpaired) electrons. The quantitative estimate of drug-likeness (QED) is 0.732. The monoisotopic (exact) mass is 431 g/mol. The summed E-state index contributed by atoms with van der Waals surface area (Å²) < 4.78 is 11.0. The summed E-state index contributed by atoms with van der Waals surface area (Å²) in [6, 6.07) is 2.88. The fourth-order valence-corrected chi connectivity index (χ4v) is 5.15. The lowest BCUT2D eigenvalue weighted by atomic mass is 9.93. The Hall–Kier alpha value is -2.35. The van der Waals surface area contributed by atoms with Gasteiger partial charge < -0.3 is 23.9 Å². The van der Waals surface area contributed by atoms with Crippen LogP contribution in [-0.2, 0) is 14.3 Å². The van der Waals surface area contributed by atoms with E-state index >= 15 is 0 Å². The van der Waals surface area contributed by atoms with Crippen molar-refractivity contribution >= 4 is 17.7 Å². The first-order valence-corrected chi connectivity index (χ1v) is 11.5. The number of amides is 3. The van der Waals surface area contributed by atoms with Crippen LogP contribution in [0.3, 0.4) is 0 Å². The van der Waals surface area contributed by atoms with E-state index in [-0.39, 0.29) is 41.6 Å². The Morgan fingerprint density at radius 3 is 2.26 bits per heavy atom. The van der Waals surface area contributed by atoms with Gasteiger partial charge in [0.05, 0.1) is 18.5 Å². The molecular weight excluding hydrogens is 398 g/mol. The summed E-state index contributed by atoms with van der Waals surface area (Å²) in [5.41, 5.74) is 0. The minimum absolute atomic E-state index is 0.000813. The number of likely N-dealkylation sites (tertiary alicyclic amines) is 2. The van der Waals surface area contributed by atoms with Gasteiger partial charge in [-0.1, -0.05) is 0 Å². The van der Waals surface area contributed by atoms with Crippen LogP contribution in [0.2, 0.25) is 0 Å². The third-order valence-electron chi connectivity index (χ3n) is 6.67. The van der Waals surface area contributed by atoms with Gasteiger partial charge >= 0.3 is 0 Å². The zero-order valence-corrected chi connectivity index (χ0v) is 18.5. The molecule has 8 heteroatoms. The van der Waals surface area contributed by atoms with E-state index in [0.29, 0.717) is 52.0 Å². The molecule has 0 N–H and O–H groups in total. The molecule has 3 atom stereocenters. The van der Waals surface area contributed by atoms with Gasteiger partial charge in [-0.3, -0.25) is 14.4 Å². The third kappa shape index (κ3) is 4.79. The number of morpholine rings is 1. The Bertz CT molecular complexity index is 777. The third-order valence-corrected chi connectivity index (χ3v) is 6.67. The highest BCUT2D eigenvalue weighted by molar-refractivity contribution is 5.95. The van der Waals surface area contributed by atoms with Crippen molar-refractivity contribution in [1.29, 1.82) is 0 Å². The van der Waals surface area contributed by atoms with Crippen molar-refractivity contribution in [2.45, 2.75) is 64.2 Å². The topological polar surface area (TPSA) is 83.3 Å². The molecule has 3 aliphatic heterocycles. The lowest BCUT2D eigenvalue weighted by Gasteiger charge is -2.41. The number of carbonyl (C=O) groups is 3. The molecule has 0 bridgehead atoms. The van der Waals surface area contributed by atoms with Gasteiger partial charge in [0.15, 0.2) is 5.76 Å². The van der Waals surface area contributed by atoms with Gasteiger partial charge in [0.2, 0.25) is 11.8 Å². The summed E-state index contributed by atoms with van der Waals surface area (Å²) in [7, 11) is 0. The first kappa shape index (κ1) is 21.9. The molecule has 170 valence electrons. The Morgan fingerprint density at radius 1 is 0.903 bits per heavy atom. The van der Waals surface area contributed by atoms with Crippen LogP contribution in [-0.4, -0.2) is 83.4 Å². The van der Waals surface area contributed by atoms with Crippen molar-refractivity contribution in [1.82, 2.24) is 14.7 Å². The summed E-state index contributed by atoms with van der Waals surface area (Å²) >= 11 is 0. The molecule has 1 aromatic heterocycles. The predicted octanol–water partition coefficient (Wildman–Crippen LogP) is 2.15. The minimum atomic E-state index is -0.445. The average molecular weight is 432 g/mol. The number of furan rings is 1. The molecule has 4 heterocycles. The first-order chi connectivity index (χ1) is 14.9. The molecule has 3 unspecified atom stereocenters. The number of hydrogen-bond acceptors (Lipinski definition) is 5. The number of nitrogens with zero attached hydrogens (tertiary/aromatic N) is 3. The number of piperidine rings is 2. The zero-order valence-electron chi connectivity index (χ0n) is 18.5. The van der Waals surface area contributed by atoms with E-state index in [4.69, 9.17) is 9.15 Å². The Kier molecular flexibility index (Phi) is 6.65. The zero-order chi connectivity index (χ0) is 22.0. The highest BCUT2D eigenvalue weighted by Crippen LogP contribution is 2.26. The fraction of sp³-hybridized carbons (Fsp3) is 0.696. The maximum Gasteiger partial charge on any atom is 0.290 e. The van der Waals surface area contributed by atoms with E-state index in [0.717, 1.165) is 12.8 Å². The maximum absolute atomic E-state index is 13.3. The lowest BCUT2D eigenvalue weighted by Crippen LogP contribution is -2.55. The fourth-order valence-electron chi connectivity index (χ4n) is 5.15. The van der Waals surface area contributed by atoms with Gasteiger partial charge in [0, 0.05) is 38.6 Å². The van der Waals surface area contributed by atoms with Crippen molar-refractivity contribution in [3.63, 3.8) is 0 Å². The summed E-state index contributed by atoms with van der Waals surface area (Å²) in [5, 5.41) is 0. The second-order valence-electron chi connectivity index (χ2n) is 9.09. The Labute approximate surface area is 183 Å². The van der Waals surface area contributed by atoms with Gasteiger partial charge in [0.1, 0.15) is 6.04 Å². The molecule has 1 aromatic rings. The smallest absolute Gasteiger partial charge is 0.290 e. The second kappa shape index (κ2) is 9.42. The molecule has 0 aromatic carbocycles. The standard InChI is InChI=1S/C23H33N3O5/c1-16-14-25(15-17(2)31-16)21(27)18-8-11-24(12-9-18)22(28)19-6-3-4-10-26(19)23(29)20-7-5-13-30-20/h5,7,13,16-19H,3-4,6,8-12,14-15H2,1-2H3. The van der Waals surface area contributed by atoms with Crippen LogP contribution in [0.4, 0.5) is 0 Å². The van der Waals surface area contributed by atoms with Crippen molar-refractivity contribution in [3.8, 4) is 0 Å². The summed E-state index contributed by atoms with van der Waals surface area (Å²) in [6.45, 7) is 6.95. The molecule has 4 rings (SSSR count). The van der Waals surface area contributed by atoms with Crippen LogP contribution in [0.5, 0.6) is 0 Å².